The number of aromatic nitrogens is 6. The Kier molecular flexibility index (Phi) is 8.60. The molecule has 0 unspecified atom stereocenters. The highest BCUT2D eigenvalue weighted by Gasteiger charge is 2.25. The highest BCUT2D eigenvalue weighted by molar-refractivity contribution is 7.26. The number of thiophene rings is 2. The van der Waals surface area contributed by atoms with E-state index in [2.05, 4.69) is 191 Å². The normalized spacial score (nSPS) is 12.0. The summed E-state index contributed by atoms with van der Waals surface area (Å²) in [5, 5.41) is 9.50. The van der Waals surface area contributed by atoms with Gasteiger partial charge in [-0.2, -0.15) is 9.97 Å². The van der Waals surface area contributed by atoms with Crippen molar-refractivity contribution < 1.29 is 0 Å². The highest BCUT2D eigenvalue weighted by Crippen LogP contribution is 2.44. The smallest absolute Gasteiger partial charge is 0.238 e. The summed E-state index contributed by atoms with van der Waals surface area (Å²) in [5.41, 5.74) is 10.9. The van der Waals surface area contributed by atoms with Gasteiger partial charge in [-0.15, -0.1) is 22.7 Å². The Bertz CT molecular complexity index is 4410. The van der Waals surface area contributed by atoms with Crippen LogP contribution in [0.25, 0.3) is 141 Å². The molecule has 326 valence electrons. The van der Waals surface area contributed by atoms with E-state index in [1.807, 2.05) is 59.1 Å². The molecular formula is C62H36N6S2. The van der Waals surface area contributed by atoms with Crippen LogP contribution >= 0.6 is 22.7 Å². The monoisotopic (exact) mass is 928 g/mol. The first-order valence-electron chi connectivity index (χ1n) is 23.4. The average molecular weight is 929 g/mol. The minimum Gasteiger partial charge on any atom is -0.307 e. The molecule has 9 aromatic carbocycles. The third-order valence-corrected chi connectivity index (χ3v) is 16.1. The molecule has 8 heteroatoms. The number of nitrogens with zero attached hydrogens (tertiary/aromatic N) is 6. The van der Waals surface area contributed by atoms with Gasteiger partial charge in [0.25, 0.3) is 0 Å². The fourth-order valence-electron chi connectivity index (χ4n) is 10.6. The maximum atomic E-state index is 5.59. The molecule has 0 N–H and O–H groups in total. The Morgan fingerprint density at radius 2 is 0.714 bits per heavy atom. The van der Waals surface area contributed by atoms with Crippen LogP contribution in [-0.4, -0.2) is 29.1 Å². The Hall–Kier alpha value is -8.82. The van der Waals surface area contributed by atoms with E-state index in [4.69, 9.17) is 19.9 Å². The third kappa shape index (κ3) is 6.04. The van der Waals surface area contributed by atoms with Gasteiger partial charge in [-0.1, -0.05) is 158 Å². The number of hydrogen-bond acceptors (Lipinski definition) is 6. The van der Waals surface area contributed by atoms with Gasteiger partial charge in [-0.25, -0.2) is 9.97 Å². The lowest BCUT2D eigenvalue weighted by atomic mass is 10.0. The largest absolute Gasteiger partial charge is 0.307 e. The van der Waals surface area contributed by atoms with E-state index in [0.717, 1.165) is 82.9 Å². The quantitative estimate of drug-likeness (QED) is 0.167. The molecule has 0 atom stereocenters. The maximum absolute atomic E-state index is 5.59. The number of pyridine rings is 1. The van der Waals surface area contributed by atoms with Gasteiger partial charge in [-0.05, 0) is 60.7 Å². The van der Waals surface area contributed by atoms with Crippen molar-refractivity contribution in [2.75, 3.05) is 0 Å². The van der Waals surface area contributed by atoms with Crippen LogP contribution < -0.4 is 0 Å². The molecule has 0 saturated carbocycles. The summed E-state index contributed by atoms with van der Waals surface area (Å²) in [6.45, 7) is 0. The number of fused-ring (bicyclic) bond motifs is 13. The van der Waals surface area contributed by atoms with Crippen molar-refractivity contribution in [3.63, 3.8) is 0 Å². The van der Waals surface area contributed by atoms with E-state index in [-0.39, 0.29) is 0 Å². The second-order valence-electron chi connectivity index (χ2n) is 17.8. The van der Waals surface area contributed by atoms with Gasteiger partial charge >= 0.3 is 0 Å². The van der Waals surface area contributed by atoms with Crippen LogP contribution in [0.15, 0.2) is 218 Å². The fourth-order valence-corrected chi connectivity index (χ4v) is 12.8. The Morgan fingerprint density at radius 1 is 0.286 bits per heavy atom. The lowest BCUT2D eigenvalue weighted by Crippen LogP contribution is -2.07. The van der Waals surface area contributed by atoms with Crippen molar-refractivity contribution in [3.05, 3.63) is 218 Å². The lowest BCUT2D eigenvalue weighted by molar-refractivity contribution is 0.953. The summed E-state index contributed by atoms with van der Waals surface area (Å²) in [4.78, 5) is 21.4. The molecule has 0 radical (unpaired) electrons. The number of rotatable bonds is 6. The SMILES string of the molecule is c1ccc(-c2nc(-c3ccccc3)nc(-n3c4ccccc4c4ccc5c6ccccc6n(-c6cc(-c7ccc8sc9ccccc9c8c7)nc(-c7ccc8sc9ccccc9c8c7)c6)c5c43)n2)cc1. The molecule has 0 fully saturated rings. The zero-order chi connectivity index (χ0) is 45.9. The minimum absolute atomic E-state index is 0.548. The molecule has 0 aliphatic carbocycles. The molecule has 15 rings (SSSR count). The van der Waals surface area contributed by atoms with Crippen molar-refractivity contribution in [1.82, 2.24) is 29.1 Å². The van der Waals surface area contributed by atoms with Gasteiger partial charge in [0.15, 0.2) is 11.6 Å². The van der Waals surface area contributed by atoms with E-state index in [9.17, 15) is 0 Å². The predicted octanol–water partition coefficient (Wildman–Crippen LogP) is 16.9. The summed E-state index contributed by atoms with van der Waals surface area (Å²) in [7, 11) is 0. The number of hydrogen-bond donors (Lipinski definition) is 0. The van der Waals surface area contributed by atoms with E-state index < -0.39 is 0 Å². The second-order valence-corrected chi connectivity index (χ2v) is 20.0. The van der Waals surface area contributed by atoms with Crippen LogP contribution in [0.2, 0.25) is 0 Å². The first-order chi connectivity index (χ1) is 34.7. The molecule has 6 heterocycles. The van der Waals surface area contributed by atoms with Gasteiger partial charge in [0.05, 0.1) is 39.1 Å². The van der Waals surface area contributed by atoms with E-state index in [1.54, 1.807) is 0 Å². The molecule has 0 amide bonds. The van der Waals surface area contributed by atoms with Crippen LogP contribution in [0.3, 0.4) is 0 Å². The molecule has 0 bridgehead atoms. The number of benzene rings is 9. The Labute approximate surface area is 408 Å². The van der Waals surface area contributed by atoms with E-state index >= 15 is 0 Å². The van der Waals surface area contributed by atoms with Gasteiger partial charge < -0.3 is 4.57 Å². The standard InChI is InChI=1S/C62H36N6S2/c1-3-15-37(16-4-1)60-64-61(38-17-5-2-6-18-38)66-62(65-60)68-53-24-12-8-20-43(53)47-30-29-46-42-19-7-11-23-52(42)67(58(46)59(47)68)41-35-50(39-27-31-56-48(33-39)44-21-9-13-25-54(44)69-56)63-51(36-41)40-28-32-57-49(34-40)45-22-10-14-26-55(45)70-57/h1-36H. The van der Waals surface area contributed by atoms with Crippen molar-refractivity contribution in [2.45, 2.75) is 0 Å². The minimum atomic E-state index is 0.548. The van der Waals surface area contributed by atoms with Crippen molar-refractivity contribution >= 4 is 107 Å². The summed E-state index contributed by atoms with van der Waals surface area (Å²) < 4.78 is 9.80. The molecule has 0 aliphatic heterocycles. The molecule has 15 aromatic rings. The second kappa shape index (κ2) is 15.3. The van der Waals surface area contributed by atoms with E-state index in [1.165, 1.54) is 40.3 Å². The van der Waals surface area contributed by atoms with Crippen LogP contribution in [-0.2, 0) is 0 Å². The van der Waals surface area contributed by atoms with Crippen molar-refractivity contribution in [2.24, 2.45) is 0 Å². The lowest BCUT2D eigenvalue weighted by Gasteiger charge is -2.15. The van der Waals surface area contributed by atoms with Gasteiger partial charge in [0.1, 0.15) is 0 Å². The topological polar surface area (TPSA) is 61.4 Å². The zero-order valence-electron chi connectivity index (χ0n) is 37.3. The Morgan fingerprint density at radius 3 is 1.24 bits per heavy atom. The average Bonchev–Trinajstić information content (AvgIpc) is 4.19. The molecule has 0 saturated heterocycles. The Balaban J connectivity index is 1.06. The highest BCUT2D eigenvalue weighted by atomic mass is 32.1. The first-order valence-corrected chi connectivity index (χ1v) is 25.0. The third-order valence-electron chi connectivity index (χ3n) is 13.8. The molecule has 6 aromatic heterocycles. The molecular weight excluding hydrogens is 893 g/mol. The summed E-state index contributed by atoms with van der Waals surface area (Å²) in [6, 6.07) is 77.9. The van der Waals surface area contributed by atoms with Gasteiger partial charge in [0.2, 0.25) is 5.95 Å². The molecule has 0 spiro atoms. The summed E-state index contributed by atoms with van der Waals surface area (Å²) >= 11 is 3.67. The molecule has 6 nitrogen and oxygen atoms in total. The summed E-state index contributed by atoms with van der Waals surface area (Å²) in [5.74, 6) is 1.77. The molecule has 0 aliphatic rings. The van der Waals surface area contributed by atoms with Gasteiger partial charge in [-0.3, -0.25) is 4.57 Å². The van der Waals surface area contributed by atoms with Crippen LogP contribution in [0.5, 0.6) is 0 Å². The van der Waals surface area contributed by atoms with Gasteiger partial charge in [0, 0.05) is 84.1 Å². The number of para-hydroxylation sites is 2. The summed E-state index contributed by atoms with van der Waals surface area (Å²) in [6.07, 6.45) is 0. The fraction of sp³-hybridized carbons (Fsp3) is 0. The maximum Gasteiger partial charge on any atom is 0.238 e. The van der Waals surface area contributed by atoms with Crippen LogP contribution in [0, 0.1) is 0 Å². The van der Waals surface area contributed by atoms with Crippen molar-refractivity contribution in [1.29, 1.82) is 0 Å². The van der Waals surface area contributed by atoms with Crippen LogP contribution in [0.4, 0.5) is 0 Å². The van der Waals surface area contributed by atoms with E-state index in [0.29, 0.717) is 17.6 Å². The predicted molar refractivity (Wildman–Crippen MR) is 294 cm³/mol. The van der Waals surface area contributed by atoms with Crippen LogP contribution in [0.1, 0.15) is 0 Å². The van der Waals surface area contributed by atoms with Crippen molar-refractivity contribution in [3.8, 4) is 56.9 Å². The first kappa shape index (κ1) is 39.2. The molecule has 70 heavy (non-hydrogen) atoms. The zero-order valence-corrected chi connectivity index (χ0v) is 38.9.